The van der Waals surface area contributed by atoms with Crippen LogP contribution in [0.2, 0.25) is 0 Å². The van der Waals surface area contributed by atoms with E-state index in [-0.39, 0.29) is 10.8 Å². The molecule has 0 atom stereocenters. The van der Waals surface area contributed by atoms with E-state index in [1.165, 1.54) is 6.07 Å². The van der Waals surface area contributed by atoms with Gasteiger partial charge < -0.3 is 9.84 Å². The zero-order chi connectivity index (χ0) is 13.7. The van der Waals surface area contributed by atoms with E-state index in [1.807, 2.05) is 30.3 Å². The van der Waals surface area contributed by atoms with Gasteiger partial charge in [0.15, 0.2) is 10.8 Å². The Labute approximate surface area is 115 Å². The maximum Gasteiger partial charge on any atom is 0.291 e. The number of carbonyl (C=O) groups is 1. The molecule has 19 heavy (non-hydrogen) atoms. The number of aromatic nitrogens is 1. The number of carbonyl (C=O) groups excluding carboxylic acids is 1. The fourth-order valence-corrected chi connectivity index (χ4v) is 1.50. The van der Waals surface area contributed by atoms with Crippen molar-refractivity contribution >= 4 is 28.9 Å². The largest absolute Gasteiger partial charge is 0.361 e. The summed E-state index contributed by atoms with van der Waals surface area (Å²) in [4.78, 5) is 11.6. The average molecular weight is 276 g/mol. The summed E-state index contributed by atoms with van der Waals surface area (Å²) in [6.45, 7) is 1.71. The van der Waals surface area contributed by atoms with Crippen LogP contribution in [0.15, 0.2) is 40.9 Å². The van der Waals surface area contributed by atoms with Crippen LogP contribution in [-0.4, -0.2) is 16.2 Å². The molecule has 6 nitrogen and oxygen atoms in total. The maximum atomic E-state index is 11.6. The molecular formula is C12H12N4O2S. The van der Waals surface area contributed by atoms with Crippen molar-refractivity contribution in [1.29, 1.82) is 0 Å². The number of thiocarbonyl (C=S) groups is 1. The Morgan fingerprint density at radius 3 is 2.63 bits per heavy atom. The highest BCUT2D eigenvalue weighted by Gasteiger charge is 2.10. The van der Waals surface area contributed by atoms with Crippen molar-refractivity contribution in [1.82, 2.24) is 16.0 Å². The standard InChI is InChI=1S/C12H12N4O2S/c1-8-7-10(16-18-8)11(17)14-15-12(19)13-9-5-3-2-4-6-9/h2-7H,1H3,(H,14,17)(H2,13,15,19). The average Bonchev–Trinajstić information content (AvgIpc) is 2.84. The van der Waals surface area contributed by atoms with Crippen molar-refractivity contribution in [3.8, 4) is 0 Å². The Balaban J connectivity index is 1.82. The van der Waals surface area contributed by atoms with Crippen molar-refractivity contribution in [3.05, 3.63) is 47.9 Å². The predicted molar refractivity (Wildman–Crippen MR) is 74.5 cm³/mol. The van der Waals surface area contributed by atoms with E-state index in [4.69, 9.17) is 16.7 Å². The number of anilines is 1. The zero-order valence-corrected chi connectivity index (χ0v) is 11.0. The minimum absolute atomic E-state index is 0.188. The summed E-state index contributed by atoms with van der Waals surface area (Å²) >= 11 is 5.03. The van der Waals surface area contributed by atoms with Gasteiger partial charge in [-0.25, -0.2) is 0 Å². The number of amides is 1. The molecule has 0 bridgehead atoms. The Bertz CT molecular complexity index is 582. The monoisotopic (exact) mass is 276 g/mol. The van der Waals surface area contributed by atoms with Crippen LogP contribution in [0.25, 0.3) is 0 Å². The second kappa shape index (κ2) is 5.96. The highest BCUT2D eigenvalue weighted by molar-refractivity contribution is 7.80. The second-order valence-electron chi connectivity index (χ2n) is 3.72. The van der Waals surface area contributed by atoms with Gasteiger partial charge in [-0.2, -0.15) is 0 Å². The first-order valence-corrected chi connectivity index (χ1v) is 5.91. The molecule has 2 rings (SSSR count). The molecular weight excluding hydrogens is 264 g/mol. The van der Waals surface area contributed by atoms with Gasteiger partial charge >= 0.3 is 0 Å². The smallest absolute Gasteiger partial charge is 0.291 e. The molecule has 1 aromatic heterocycles. The number of hydrogen-bond donors (Lipinski definition) is 3. The zero-order valence-electron chi connectivity index (χ0n) is 10.1. The van der Waals surface area contributed by atoms with Gasteiger partial charge in [-0.05, 0) is 31.3 Å². The van der Waals surface area contributed by atoms with E-state index < -0.39 is 5.91 Å². The normalized spacial score (nSPS) is 9.74. The number of para-hydroxylation sites is 1. The first-order valence-electron chi connectivity index (χ1n) is 5.51. The van der Waals surface area contributed by atoms with E-state index in [1.54, 1.807) is 6.92 Å². The van der Waals surface area contributed by atoms with Crippen LogP contribution in [-0.2, 0) is 0 Å². The quantitative estimate of drug-likeness (QED) is 0.571. The lowest BCUT2D eigenvalue weighted by Crippen LogP contribution is -2.43. The van der Waals surface area contributed by atoms with E-state index >= 15 is 0 Å². The summed E-state index contributed by atoms with van der Waals surface area (Å²) in [5.74, 6) is 0.143. The molecule has 0 aliphatic rings. The van der Waals surface area contributed by atoms with Gasteiger partial charge in [0, 0.05) is 11.8 Å². The van der Waals surface area contributed by atoms with Crippen molar-refractivity contribution in [3.63, 3.8) is 0 Å². The van der Waals surface area contributed by atoms with Gasteiger partial charge in [-0.3, -0.25) is 15.6 Å². The summed E-state index contributed by atoms with van der Waals surface area (Å²) in [6, 6.07) is 10.9. The summed E-state index contributed by atoms with van der Waals surface area (Å²) in [5.41, 5.74) is 6.01. The van der Waals surface area contributed by atoms with Crippen LogP contribution in [0.1, 0.15) is 16.2 Å². The summed E-state index contributed by atoms with van der Waals surface area (Å²) in [5, 5.41) is 6.78. The first kappa shape index (κ1) is 13.0. The predicted octanol–water partition coefficient (Wildman–Crippen LogP) is 1.61. The van der Waals surface area contributed by atoms with Crippen LogP contribution >= 0.6 is 12.2 Å². The first-order chi connectivity index (χ1) is 9.15. The fraction of sp³-hybridized carbons (Fsp3) is 0.0833. The third-order valence-corrected chi connectivity index (χ3v) is 2.39. The number of benzene rings is 1. The van der Waals surface area contributed by atoms with Crippen LogP contribution in [0.5, 0.6) is 0 Å². The number of nitrogens with zero attached hydrogens (tertiary/aromatic N) is 1. The van der Waals surface area contributed by atoms with Crippen LogP contribution in [0.3, 0.4) is 0 Å². The number of hydrogen-bond acceptors (Lipinski definition) is 4. The van der Waals surface area contributed by atoms with Gasteiger partial charge in [0.05, 0.1) is 0 Å². The summed E-state index contributed by atoms with van der Waals surface area (Å²) in [7, 11) is 0. The van der Waals surface area contributed by atoms with Gasteiger partial charge in [-0.15, -0.1) is 0 Å². The third kappa shape index (κ3) is 3.78. The Morgan fingerprint density at radius 2 is 2.00 bits per heavy atom. The number of rotatable bonds is 2. The lowest BCUT2D eigenvalue weighted by atomic mass is 10.3. The molecule has 1 amide bonds. The number of aryl methyl sites for hydroxylation is 1. The van der Waals surface area contributed by atoms with Gasteiger partial charge in [0.25, 0.3) is 5.91 Å². The highest BCUT2D eigenvalue weighted by atomic mass is 32.1. The number of nitrogens with one attached hydrogen (secondary N) is 3. The fourth-order valence-electron chi connectivity index (χ4n) is 1.33. The van der Waals surface area contributed by atoms with E-state index in [2.05, 4.69) is 21.3 Å². The second-order valence-corrected chi connectivity index (χ2v) is 4.13. The molecule has 0 saturated heterocycles. The van der Waals surface area contributed by atoms with Crippen LogP contribution < -0.4 is 16.2 Å². The molecule has 1 aromatic carbocycles. The number of hydrazine groups is 1. The van der Waals surface area contributed by atoms with Crippen molar-refractivity contribution in [2.24, 2.45) is 0 Å². The van der Waals surface area contributed by atoms with Crippen LogP contribution in [0, 0.1) is 6.92 Å². The molecule has 0 spiro atoms. The molecule has 3 N–H and O–H groups in total. The molecule has 0 aliphatic carbocycles. The maximum absolute atomic E-state index is 11.6. The molecule has 0 saturated carbocycles. The van der Waals surface area contributed by atoms with Crippen molar-refractivity contribution < 1.29 is 9.32 Å². The van der Waals surface area contributed by atoms with Crippen LogP contribution in [0.4, 0.5) is 5.69 Å². The Kier molecular flexibility index (Phi) is 4.09. The van der Waals surface area contributed by atoms with E-state index in [0.717, 1.165) is 5.69 Å². The van der Waals surface area contributed by atoms with Gasteiger partial charge in [0.1, 0.15) is 5.76 Å². The molecule has 0 fully saturated rings. The molecule has 0 unspecified atom stereocenters. The molecule has 0 radical (unpaired) electrons. The van der Waals surface area contributed by atoms with Crippen molar-refractivity contribution in [2.45, 2.75) is 6.92 Å². The third-order valence-electron chi connectivity index (χ3n) is 2.18. The topological polar surface area (TPSA) is 79.2 Å². The SMILES string of the molecule is Cc1cc(C(=O)NNC(=S)Nc2ccccc2)no1. The molecule has 7 heteroatoms. The van der Waals surface area contributed by atoms with E-state index in [0.29, 0.717) is 5.76 Å². The minimum Gasteiger partial charge on any atom is -0.361 e. The van der Waals surface area contributed by atoms with Gasteiger partial charge in [-0.1, -0.05) is 23.4 Å². The lowest BCUT2D eigenvalue weighted by Gasteiger charge is -2.10. The Hall–Kier alpha value is -2.41. The lowest BCUT2D eigenvalue weighted by molar-refractivity contribution is 0.0935. The summed E-state index contributed by atoms with van der Waals surface area (Å²) < 4.78 is 4.80. The van der Waals surface area contributed by atoms with E-state index in [9.17, 15) is 4.79 Å². The molecule has 2 aromatic rings. The van der Waals surface area contributed by atoms with Gasteiger partial charge in [0.2, 0.25) is 0 Å². The minimum atomic E-state index is -0.422. The summed E-state index contributed by atoms with van der Waals surface area (Å²) in [6.07, 6.45) is 0. The Morgan fingerprint density at radius 1 is 1.26 bits per heavy atom. The highest BCUT2D eigenvalue weighted by Crippen LogP contribution is 2.04. The molecule has 0 aliphatic heterocycles. The van der Waals surface area contributed by atoms with Crippen molar-refractivity contribution in [2.75, 3.05) is 5.32 Å². The molecule has 98 valence electrons. The molecule has 1 heterocycles.